The number of nitrogens with zero attached hydrogens (tertiary/aromatic N) is 3. The van der Waals surface area contributed by atoms with Gasteiger partial charge in [0.15, 0.2) is 0 Å². The van der Waals surface area contributed by atoms with Gasteiger partial charge in [-0.15, -0.1) is 11.3 Å². The molecule has 3 heterocycles. The highest BCUT2D eigenvalue weighted by atomic mass is 32.1. The maximum atomic E-state index is 12.6. The van der Waals surface area contributed by atoms with Crippen molar-refractivity contribution in [3.05, 3.63) is 28.2 Å². The first-order valence-electron chi connectivity index (χ1n) is 7.11. The number of hydrogen-bond acceptors (Lipinski definition) is 6. The van der Waals surface area contributed by atoms with E-state index in [1.807, 2.05) is 11.4 Å². The highest BCUT2D eigenvalue weighted by Gasteiger charge is 2.33. The minimum absolute atomic E-state index is 0.0664. The predicted octanol–water partition coefficient (Wildman–Crippen LogP) is 2.54. The van der Waals surface area contributed by atoms with E-state index in [4.69, 9.17) is 0 Å². The van der Waals surface area contributed by atoms with Crippen LogP contribution < -0.4 is 5.32 Å². The first-order valence-corrected chi connectivity index (χ1v) is 8.76. The summed E-state index contributed by atoms with van der Waals surface area (Å²) in [7, 11) is 0. The third-order valence-electron chi connectivity index (χ3n) is 3.56. The lowest BCUT2D eigenvalue weighted by Crippen LogP contribution is -2.49. The van der Waals surface area contributed by atoms with Crippen molar-refractivity contribution in [1.82, 2.24) is 14.3 Å². The van der Waals surface area contributed by atoms with Gasteiger partial charge in [-0.25, -0.2) is 4.98 Å². The lowest BCUT2D eigenvalue weighted by molar-refractivity contribution is -0.121. The molecule has 116 valence electrons. The Morgan fingerprint density at radius 2 is 2.27 bits per heavy atom. The highest BCUT2D eigenvalue weighted by molar-refractivity contribution is 7.12. The fraction of sp³-hybridized carbons (Fsp3) is 0.429. The second-order valence-corrected chi connectivity index (χ2v) is 6.82. The largest absolute Gasteiger partial charge is 0.326 e. The van der Waals surface area contributed by atoms with Gasteiger partial charge in [0.05, 0.1) is 4.88 Å². The van der Waals surface area contributed by atoms with E-state index < -0.39 is 6.04 Å². The van der Waals surface area contributed by atoms with E-state index in [1.165, 1.54) is 11.3 Å². The summed E-state index contributed by atoms with van der Waals surface area (Å²) in [5.74, 6) is 0.388. The van der Waals surface area contributed by atoms with Gasteiger partial charge < -0.3 is 4.90 Å². The van der Waals surface area contributed by atoms with Gasteiger partial charge in [0.2, 0.25) is 11.0 Å². The van der Waals surface area contributed by atoms with Crippen molar-refractivity contribution >= 4 is 39.8 Å². The summed E-state index contributed by atoms with van der Waals surface area (Å²) in [6, 6.07) is 3.21. The van der Waals surface area contributed by atoms with Gasteiger partial charge in [0.25, 0.3) is 5.91 Å². The number of anilines is 1. The third kappa shape index (κ3) is 3.17. The number of amides is 2. The standard InChI is InChI=1S/C14H16N4O2S2/c1-9-15-14(22-17-9)16-12(19)10-5-2-3-7-18(10)13(20)11-6-4-8-21-11/h4,6,8,10H,2-3,5,7H2,1H3,(H,15,16,17,19). The SMILES string of the molecule is Cc1nsc(NC(=O)C2CCCCN2C(=O)c2cccs2)n1. The Hall–Kier alpha value is -1.80. The number of carbonyl (C=O) groups excluding carboxylic acids is 2. The molecule has 1 unspecified atom stereocenters. The van der Waals surface area contributed by atoms with Crippen molar-refractivity contribution in [2.75, 3.05) is 11.9 Å². The summed E-state index contributed by atoms with van der Waals surface area (Å²) in [6.07, 6.45) is 2.56. The quantitative estimate of drug-likeness (QED) is 0.934. The van der Waals surface area contributed by atoms with Gasteiger partial charge in [0.1, 0.15) is 11.9 Å². The molecular formula is C14H16N4O2S2. The molecule has 0 bridgehead atoms. The number of aromatic nitrogens is 2. The molecule has 0 aromatic carbocycles. The van der Waals surface area contributed by atoms with E-state index in [9.17, 15) is 9.59 Å². The zero-order valence-corrected chi connectivity index (χ0v) is 13.7. The summed E-state index contributed by atoms with van der Waals surface area (Å²) < 4.78 is 4.05. The molecule has 0 spiro atoms. The van der Waals surface area contributed by atoms with Crippen molar-refractivity contribution in [1.29, 1.82) is 0 Å². The summed E-state index contributed by atoms with van der Waals surface area (Å²) in [4.78, 5) is 31.6. The van der Waals surface area contributed by atoms with Crippen LogP contribution in [-0.2, 0) is 4.79 Å². The molecule has 2 aromatic heterocycles. The average Bonchev–Trinajstić information content (AvgIpc) is 3.18. The maximum Gasteiger partial charge on any atom is 0.264 e. The van der Waals surface area contributed by atoms with Crippen LogP contribution >= 0.6 is 22.9 Å². The van der Waals surface area contributed by atoms with Crippen molar-refractivity contribution in [3.63, 3.8) is 0 Å². The fourth-order valence-electron chi connectivity index (χ4n) is 2.53. The van der Waals surface area contributed by atoms with Gasteiger partial charge in [-0.2, -0.15) is 4.37 Å². The van der Waals surface area contributed by atoms with E-state index in [0.29, 0.717) is 28.8 Å². The first kappa shape index (κ1) is 15.1. The highest BCUT2D eigenvalue weighted by Crippen LogP contribution is 2.23. The van der Waals surface area contributed by atoms with E-state index in [-0.39, 0.29) is 11.8 Å². The van der Waals surface area contributed by atoms with Crippen LogP contribution in [0.1, 0.15) is 34.8 Å². The fourth-order valence-corrected chi connectivity index (χ4v) is 3.78. The smallest absolute Gasteiger partial charge is 0.264 e. The summed E-state index contributed by atoms with van der Waals surface area (Å²) in [5.41, 5.74) is 0. The number of nitrogens with one attached hydrogen (secondary N) is 1. The molecule has 8 heteroatoms. The molecule has 2 amide bonds. The van der Waals surface area contributed by atoms with Crippen LogP contribution in [0.5, 0.6) is 0 Å². The molecule has 1 atom stereocenters. The summed E-state index contributed by atoms with van der Waals surface area (Å²) >= 11 is 2.56. The molecule has 1 aliphatic heterocycles. The monoisotopic (exact) mass is 336 g/mol. The van der Waals surface area contributed by atoms with Crippen LogP contribution in [0.3, 0.4) is 0 Å². The van der Waals surface area contributed by atoms with Crippen LogP contribution in [0.15, 0.2) is 17.5 Å². The Balaban J connectivity index is 1.74. The Morgan fingerprint density at radius 1 is 1.41 bits per heavy atom. The number of piperidine rings is 1. The minimum atomic E-state index is -0.437. The van der Waals surface area contributed by atoms with Gasteiger partial charge in [-0.05, 0) is 37.6 Å². The third-order valence-corrected chi connectivity index (χ3v) is 5.14. The van der Waals surface area contributed by atoms with Crippen LogP contribution in [0.25, 0.3) is 0 Å². The van der Waals surface area contributed by atoms with Crippen LogP contribution in [0.2, 0.25) is 0 Å². The Labute approximate surface area is 136 Å². The molecule has 0 aliphatic carbocycles. The van der Waals surface area contributed by atoms with Gasteiger partial charge in [-0.3, -0.25) is 14.9 Å². The normalized spacial score (nSPS) is 18.2. The number of carbonyl (C=O) groups is 2. The van der Waals surface area contributed by atoms with Crippen molar-refractivity contribution in [2.45, 2.75) is 32.2 Å². The molecule has 22 heavy (non-hydrogen) atoms. The zero-order valence-electron chi connectivity index (χ0n) is 12.1. The number of thiophene rings is 1. The predicted molar refractivity (Wildman–Crippen MR) is 86.3 cm³/mol. The first-order chi connectivity index (χ1) is 10.6. The van der Waals surface area contributed by atoms with Crippen LogP contribution in [0.4, 0.5) is 5.13 Å². The molecule has 0 radical (unpaired) electrons. The van der Waals surface area contributed by atoms with Crippen molar-refractivity contribution in [2.24, 2.45) is 0 Å². The molecule has 1 aliphatic rings. The number of hydrogen-bond donors (Lipinski definition) is 1. The van der Waals surface area contributed by atoms with E-state index >= 15 is 0 Å². The summed E-state index contributed by atoms with van der Waals surface area (Å²) in [6.45, 7) is 2.39. The summed E-state index contributed by atoms with van der Waals surface area (Å²) in [5, 5.41) is 5.13. The maximum absolute atomic E-state index is 12.6. The van der Waals surface area contributed by atoms with E-state index in [2.05, 4.69) is 14.7 Å². The van der Waals surface area contributed by atoms with Gasteiger partial charge in [0, 0.05) is 18.1 Å². The second kappa shape index (κ2) is 6.53. The lowest BCUT2D eigenvalue weighted by atomic mass is 10.0. The molecule has 3 rings (SSSR count). The molecule has 0 saturated carbocycles. The van der Waals surface area contributed by atoms with Gasteiger partial charge in [-0.1, -0.05) is 6.07 Å². The minimum Gasteiger partial charge on any atom is -0.326 e. The molecule has 1 N–H and O–H groups in total. The van der Waals surface area contributed by atoms with Crippen LogP contribution in [-0.4, -0.2) is 38.7 Å². The Bertz CT molecular complexity index is 668. The molecular weight excluding hydrogens is 320 g/mol. The van der Waals surface area contributed by atoms with Gasteiger partial charge >= 0.3 is 0 Å². The van der Waals surface area contributed by atoms with Crippen molar-refractivity contribution < 1.29 is 9.59 Å². The van der Waals surface area contributed by atoms with Crippen LogP contribution in [0, 0.1) is 6.92 Å². The zero-order chi connectivity index (χ0) is 15.5. The molecule has 2 aromatic rings. The number of aryl methyl sites for hydroxylation is 1. The Kier molecular flexibility index (Phi) is 4.49. The van der Waals surface area contributed by atoms with E-state index in [1.54, 1.807) is 17.9 Å². The Morgan fingerprint density at radius 3 is 2.95 bits per heavy atom. The number of rotatable bonds is 3. The second-order valence-electron chi connectivity index (χ2n) is 5.12. The van der Waals surface area contributed by atoms with E-state index in [0.717, 1.165) is 24.4 Å². The topological polar surface area (TPSA) is 75.2 Å². The average molecular weight is 336 g/mol. The molecule has 6 nitrogen and oxygen atoms in total. The van der Waals surface area contributed by atoms with Crippen molar-refractivity contribution in [3.8, 4) is 0 Å². The lowest BCUT2D eigenvalue weighted by Gasteiger charge is -2.34. The molecule has 1 fully saturated rings. The number of likely N-dealkylation sites (tertiary alicyclic amines) is 1. The molecule has 1 saturated heterocycles.